The summed E-state index contributed by atoms with van der Waals surface area (Å²) >= 11 is 5.80. The molecule has 2 unspecified atom stereocenters. The molecule has 0 N–H and O–H groups in total. The number of halogens is 1. The van der Waals surface area contributed by atoms with Gasteiger partial charge in [-0.3, -0.25) is 0 Å². The van der Waals surface area contributed by atoms with Crippen molar-refractivity contribution in [2.45, 2.75) is 49.9 Å². The maximum absolute atomic E-state index is 5.87. The van der Waals surface area contributed by atoms with Gasteiger partial charge in [0, 0.05) is 20.1 Å². The van der Waals surface area contributed by atoms with Crippen molar-refractivity contribution in [2.75, 3.05) is 20.1 Å². The standard InChI is InChI=1S/C11H23ClO2Si/c1-13-11(8-6-9-12)7-4-5-10-15(11,3)14-2/h4-10H2,1-3H3. The summed E-state index contributed by atoms with van der Waals surface area (Å²) in [5, 5.41) is 0.00882. The van der Waals surface area contributed by atoms with Crippen LogP contribution in [0.2, 0.25) is 12.6 Å². The van der Waals surface area contributed by atoms with E-state index in [0.717, 1.165) is 25.1 Å². The van der Waals surface area contributed by atoms with Gasteiger partial charge in [0.15, 0.2) is 0 Å². The summed E-state index contributed by atoms with van der Waals surface area (Å²) in [7, 11) is 1.98. The first-order valence-electron chi connectivity index (χ1n) is 5.80. The van der Waals surface area contributed by atoms with Gasteiger partial charge in [-0.05, 0) is 31.9 Å². The number of ether oxygens (including phenoxy) is 1. The van der Waals surface area contributed by atoms with Crippen LogP contribution in [0.15, 0.2) is 0 Å². The maximum atomic E-state index is 5.87. The minimum absolute atomic E-state index is 0.00882. The Morgan fingerprint density at radius 1 is 1.33 bits per heavy atom. The van der Waals surface area contributed by atoms with Crippen LogP contribution in [0.1, 0.15) is 32.1 Å². The smallest absolute Gasteiger partial charge is 0.220 e. The topological polar surface area (TPSA) is 18.5 Å². The van der Waals surface area contributed by atoms with Crippen molar-refractivity contribution in [3.8, 4) is 0 Å². The van der Waals surface area contributed by atoms with E-state index in [0.29, 0.717) is 0 Å². The molecular formula is C11H23ClO2Si. The van der Waals surface area contributed by atoms with Crippen molar-refractivity contribution in [1.29, 1.82) is 0 Å². The van der Waals surface area contributed by atoms with Gasteiger partial charge < -0.3 is 9.16 Å². The molecule has 1 aliphatic heterocycles. The van der Waals surface area contributed by atoms with Gasteiger partial charge in [0.05, 0.1) is 5.22 Å². The molecular weight excluding hydrogens is 228 g/mol. The van der Waals surface area contributed by atoms with Gasteiger partial charge in [0.25, 0.3) is 0 Å². The number of hydrogen-bond donors (Lipinski definition) is 0. The molecule has 1 fully saturated rings. The summed E-state index contributed by atoms with van der Waals surface area (Å²) in [6.07, 6.45) is 5.80. The normalized spacial score (nSPS) is 36.8. The van der Waals surface area contributed by atoms with Gasteiger partial charge in [0.1, 0.15) is 0 Å². The first kappa shape index (κ1) is 13.5. The van der Waals surface area contributed by atoms with E-state index in [4.69, 9.17) is 20.8 Å². The molecule has 0 aliphatic carbocycles. The van der Waals surface area contributed by atoms with E-state index in [1.165, 1.54) is 18.9 Å². The SMILES string of the molecule is COC1(CCCCl)CCCC[Si]1(C)OC. The molecule has 0 saturated carbocycles. The van der Waals surface area contributed by atoms with Gasteiger partial charge in [-0.25, -0.2) is 0 Å². The summed E-state index contributed by atoms with van der Waals surface area (Å²) < 4.78 is 11.7. The molecule has 0 amide bonds. The number of methoxy groups -OCH3 is 1. The zero-order valence-electron chi connectivity index (χ0n) is 10.1. The lowest BCUT2D eigenvalue weighted by Gasteiger charge is -2.48. The van der Waals surface area contributed by atoms with Crippen molar-refractivity contribution in [1.82, 2.24) is 0 Å². The fourth-order valence-electron chi connectivity index (χ4n) is 2.81. The average Bonchev–Trinajstić information content (AvgIpc) is 2.28. The third-order valence-corrected chi connectivity index (χ3v) is 9.11. The fraction of sp³-hybridized carbons (Fsp3) is 1.00. The maximum Gasteiger partial charge on any atom is 0.220 e. The summed E-state index contributed by atoms with van der Waals surface area (Å²) in [5.74, 6) is 0.722. The van der Waals surface area contributed by atoms with Crippen molar-refractivity contribution in [3.63, 3.8) is 0 Å². The summed E-state index contributed by atoms with van der Waals surface area (Å²) in [6, 6.07) is 1.22. The molecule has 4 heteroatoms. The summed E-state index contributed by atoms with van der Waals surface area (Å²) in [5.41, 5.74) is 0. The van der Waals surface area contributed by atoms with Crippen molar-refractivity contribution >= 4 is 19.9 Å². The van der Waals surface area contributed by atoms with Gasteiger partial charge in [0.2, 0.25) is 8.32 Å². The minimum atomic E-state index is -1.71. The predicted molar refractivity (Wildman–Crippen MR) is 67.0 cm³/mol. The average molecular weight is 251 g/mol. The second-order valence-corrected chi connectivity index (χ2v) is 9.29. The lowest BCUT2D eigenvalue weighted by molar-refractivity contribution is 0.0125. The highest BCUT2D eigenvalue weighted by atomic mass is 35.5. The van der Waals surface area contributed by atoms with Crippen LogP contribution in [-0.2, 0) is 9.16 Å². The minimum Gasteiger partial charge on any atom is -0.417 e. The highest BCUT2D eigenvalue weighted by Gasteiger charge is 2.52. The van der Waals surface area contributed by atoms with Crippen LogP contribution in [0, 0.1) is 0 Å². The Labute approximate surface area is 99.4 Å². The van der Waals surface area contributed by atoms with Crippen LogP contribution in [-0.4, -0.2) is 33.6 Å². The molecule has 2 atom stereocenters. The Balaban J connectivity index is 2.80. The van der Waals surface area contributed by atoms with Crippen LogP contribution in [0.4, 0.5) is 0 Å². The van der Waals surface area contributed by atoms with Crippen molar-refractivity contribution in [2.24, 2.45) is 0 Å². The van der Waals surface area contributed by atoms with E-state index in [-0.39, 0.29) is 5.22 Å². The van der Waals surface area contributed by atoms with E-state index in [2.05, 4.69) is 6.55 Å². The zero-order valence-corrected chi connectivity index (χ0v) is 11.9. The molecule has 0 aromatic heterocycles. The molecule has 0 bridgehead atoms. The third-order valence-electron chi connectivity index (χ3n) is 4.00. The molecule has 1 saturated heterocycles. The van der Waals surface area contributed by atoms with Crippen LogP contribution in [0.25, 0.3) is 0 Å². The Morgan fingerprint density at radius 2 is 2.07 bits per heavy atom. The first-order valence-corrected chi connectivity index (χ1v) is 8.95. The lowest BCUT2D eigenvalue weighted by atomic mass is 10.1. The van der Waals surface area contributed by atoms with E-state index < -0.39 is 8.32 Å². The number of hydrogen-bond acceptors (Lipinski definition) is 2. The molecule has 1 rings (SSSR count). The summed E-state index contributed by atoms with van der Waals surface area (Å²) in [4.78, 5) is 0. The van der Waals surface area contributed by atoms with E-state index >= 15 is 0 Å². The highest BCUT2D eigenvalue weighted by Crippen LogP contribution is 2.42. The molecule has 0 aromatic rings. The zero-order chi connectivity index (χ0) is 11.4. The van der Waals surface area contributed by atoms with E-state index in [1.807, 2.05) is 14.2 Å². The molecule has 15 heavy (non-hydrogen) atoms. The second kappa shape index (κ2) is 5.67. The van der Waals surface area contributed by atoms with Gasteiger partial charge >= 0.3 is 0 Å². The molecule has 2 nitrogen and oxygen atoms in total. The Hall–Kier alpha value is 0.427. The number of rotatable bonds is 5. The quantitative estimate of drug-likeness (QED) is 0.551. The van der Waals surface area contributed by atoms with Gasteiger partial charge in [-0.15, -0.1) is 11.6 Å². The Kier molecular flexibility index (Phi) is 5.10. The van der Waals surface area contributed by atoms with Crippen molar-refractivity contribution in [3.05, 3.63) is 0 Å². The molecule has 0 aromatic carbocycles. The largest absolute Gasteiger partial charge is 0.417 e. The fourth-order valence-corrected chi connectivity index (χ4v) is 6.75. The number of alkyl halides is 1. The predicted octanol–water partition coefficient (Wildman–Crippen LogP) is 3.34. The van der Waals surface area contributed by atoms with Gasteiger partial charge in [-0.2, -0.15) is 0 Å². The monoisotopic (exact) mass is 250 g/mol. The Bertz CT molecular complexity index is 203. The van der Waals surface area contributed by atoms with Crippen LogP contribution < -0.4 is 0 Å². The highest BCUT2D eigenvalue weighted by molar-refractivity contribution is 6.75. The van der Waals surface area contributed by atoms with Crippen LogP contribution in [0.5, 0.6) is 0 Å². The van der Waals surface area contributed by atoms with Crippen molar-refractivity contribution < 1.29 is 9.16 Å². The molecule has 1 heterocycles. The van der Waals surface area contributed by atoms with E-state index in [1.54, 1.807) is 0 Å². The first-order chi connectivity index (χ1) is 7.14. The second-order valence-electron chi connectivity index (χ2n) is 4.63. The summed E-state index contributed by atoms with van der Waals surface area (Å²) in [6.45, 7) is 2.31. The molecule has 90 valence electrons. The van der Waals surface area contributed by atoms with E-state index in [9.17, 15) is 0 Å². The molecule has 1 aliphatic rings. The molecule has 0 spiro atoms. The third kappa shape index (κ3) is 2.57. The van der Waals surface area contributed by atoms with Crippen LogP contribution in [0.3, 0.4) is 0 Å². The Morgan fingerprint density at radius 3 is 2.60 bits per heavy atom. The van der Waals surface area contributed by atoms with Crippen LogP contribution >= 0.6 is 11.6 Å². The molecule has 0 radical (unpaired) electrons. The lowest BCUT2D eigenvalue weighted by Crippen LogP contribution is -2.61. The van der Waals surface area contributed by atoms with Gasteiger partial charge in [-0.1, -0.05) is 12.8 Å².